The van der Waals surface area contributed by atoms with Crippen LogP contribution in [0.25, 0.3) is 0 Å². The number of hydrogen-bond donors (Lipinski definition) is 2. The van der Waals surface area contributed by atoms with Gasteiger partial charge in [0.15, 0.2) is 6.61 Å². The Morgan fingerprint density at radius 3 is 2.41 bits per heavy atom. The van der Waals surface area contributed by atoms with Crippen molar-refractivity contribution >= 4 is 39.2 Å². The van der Waals surface area contributed by atoms with Gasteiger partial charge in [-0.2, -0.15) is 0 Å². The highest BCUT2D eigenvalue weighted by atomic mass is 79.9. The van der Waals surface area contributed by atoms with Crippen LogP contribution >= 0.6 is 15.9 Å². The standard InChI is InChI=1S/C22H19BrN2O4/c23-17-7-9-18(10-8-17)25-21(26)14-28-20-12-16(6-11-19(20)24)22(27)29-13-15-4-2-1-3-5-15/h1-12H,13-14,24H2,(H,25,26). The Labute approximate surface area is 176 Å². The molecule has 0 aliphatic heterocycles. The summed E-state index contributed by atoms with van der Waals surface area (Å²) in [6.45, 7) is -0.0847. The highest BCUT2D eigenvalue weighted by Crippen LogP contribution is 2.23. The first-order valence-corrected chi connectivity index (χ1v) is 9.59. The van der Waals surface area contributed by atoms with Crippen molar-refractivity contribution in [3.63, 3.8) is 0 Å². The molecule has 0 aliphatic rings. The van der Waals surface area contributed by atoms with Crippen LogP contribution in [0.2, 0.25) is 0 Å². The van der Waals surface area contributed by atoms with E-state index in [4.69, 9.17) is 15.2 Å². The molecule has 0 saturated carbocycles. The number of hydrogen-bond acceptors (Lipinski definition) is 5. The molecule has 148 valence electrons. The van der Waals surface area contributed by atoms with E-state index >= 15 is 0 Å². The number of nitrogen functional groups attached to an aromatic ring is 1. The third kappa shape index (κ3) is 6.08. The molecule has 0 atom stereocenters. The summed E-state index contributed by atoms with van der Waals surface area (Å²) in [5, 5.41) is 2.72. The van der Waals surface area contributed by atoms with Gasteiger partial charge in [-0.25, -0.2) is 4.79 Å². The molecule has 6 nitrogen and oxygen atoms in total. The number of anilines is 2. The number of benzene rings is 3. The van der Waals surface area contributed by atoms with Crippen LogP contribution in [-0.4, -0.2) is 18.5 Å². The van der Waals surface area contributed by atoms with Crippen molar-refractivity contribution in [1.29, 1.82) is 0 Å². The second-order valence-corrected chi connectivity index (χ2v) is 7.07. The summed E-state index contributed by atoms with van der Waals surface area (Å²) in [6, 6.07) is 21.1. The summed E-state index contributed by atoms with van der Waals surface area (Å²) in [5.74, 6) is -0.605. The number of carbonyl (C=O) groups is 2. The zero-order chi connectivity index (χ0) is 20.6. The van der Waals surface area contributed by atoms with E-state index in [1.165, 1.54) is 6.07 Å². The van der Waals surface area contributed by atoms with Crippen molar-refractivity contribution in [1.82, 2.24) is 0 Å². The maximum Gasteiger partial charge on any atom is 0.338 e. The van der Waals surface area contributed by atoms with Crippen LogP contribution in [-0.2, 0) is 16.1 Å². The van der Waals surface area contributed by atoms with Crippen molar-refractivity contribution in [2.24, 2.45) is 0 Å². The minimum atomic E-state index is -0.502. The van der Waals surface area contributed by atoms with E-state index in [2.05, 4.69) is 21.2 Å². The summed E-state index contributed by atoms with van der Waals surface area (Å²) in [7, 11) is 0. The van der Waals surface area contributed by atoms with Crippen molar-refractivity contribution in [3.8, 4) is 5.75 Å². The number of ether oxygens (including phenoxy) is 2. The smallest absolute Gasteiger partial charge is 0.338 e. The highest BCUT2D eigenvalue weighted by molar-refractivity contribution is 9.10. The fraction of sp³-hybridized carbons (Fsp3) is 0.0909. The van der Waals surface area contributed by atoms with Gasteiger partial charge >= 0.3 is 5.97 Å². The molecule has 0 aromatic heterocycles. The number of nitrogens with two attached hydrogens (primary N) is 1. The van der Waals surface area contributed by atoms with Gasteiger partial charge in [0, 0.05) is 10.2 Å². The van der Waals surface area contributed by atoms with Crippen LogP contribution in [0, 0.1) is 0 Å². The second kappa shape index (κ2) is 9.75. The number of esters is 1. The average Bonchev–Trinajstić information content (AvgIpc) is 2.74. The van der Waals surface area contributed by atoms with Gasteiger partial charge in [-0.1, -0.05) is 46.3 Å². The van der Waals surface area contributed by atoms with E-state index in [0.717, 1.165) is 10.0 Å². The molecular formula is C22H19BrN2O4. The van der Waals surface area contributed by atoms with Gasteiger partial charge in [0.05, 0.1) is 11.3 Å². The van der Waals surface area contributed by atoms with Gasteiger partial charge in [-0.15, -0.1) is 0 Å². The van der Waals surface area contributed by atoms with Gasteiger partial charge in [-0.3, -0.25) is 4.79 Å². The zero-order valence-electron chi connectivity index (χ0n) is 15.4. The summed E-state index contributed by atoms with van der Waals surface area (Å²) in [4.78, 5) is 24.4. The third-order valence-corrected chi connectivity index (χ3v) is 4.48. The largest absolute Gasteiger partial charge is 0.482 e. The molecule has 3 aromatic carbocycles. The molecule has 3 aromatic rings. The molecule has 7 heteroatoms. The number of halogens is 1. The number of carbonyl (C=O) groups excluding carboxylic acids is 2. The Morgan fingerprint density at radius 1 is 0.966 bits per heavy atom. The molecule has 29 heavy (non-hydrogen) atoms. The Bertz CT molecular complexity index is 991. The molecule has 0 unspecified atom stereocenters. The monoisotopic (exact) mass is 454 g/mol. The maximum absolute atomic E-state index is 12.3. The van der Waals surface area contributed by atoms with Crippen LogP contribution in [0.3, 0.4) is 0 Å². The van der Waals surface area contributed by atoms with Gasteiger partial charge < -0.3 is 20.5 Å². The fourth-order valence-corrected chi connectivity index (χ4v) is 2.73. The second-order valence-electron chi connectivity index (χ2n) is 6.16. The third-order valence-electron chi connectivity index (χ3n) is 3.95. The van der Waals surface area contributed by atoms with Crippen LogP contribution in [0.5, 0.6) is 5.75 Å². The lowest BCUT2D eigenvalue weighted by Crippen LogP contribution is -2.20. The molecule has 0 radical (unpaired) electrons. The van der Waals surface area contributed by atoms with Crippen LogP contribution in [0.4, 0.5) is 11.4 Å². The van der Waals surface area contributed by atoms with E-state index in [1.54, 1.807) is 24.3 Å². The van der Waals surface area contributed by atoms with Crippen LogP contribution in [0.1, 0.15) is 15.9 Å². The minimum absolute atomic E-state index is 0.163. The molecular weight excluding hydrogens is 436 g/mol. The van der Waals surface area contributed by atoms with E-state index in [0.29, 0.717) is 16.9 Å². The lowest BCUT2D eigenvalue weighted by atomic mass is 10.2. The van der Waals surface area contributed by atoms with Gasteiger partial charge in [0.2, 0.25) is 0 Å². The molecule has 0 bridgehead atoms. The zero-order valence-corrected chi connectivity index (χ0v) is 17.0. The molecule has 3 rings (SSSR count). The quantitative estimate of drug-likeness (QED) is 0.407. The van der Waals surface area contributed by atoms with E-state index < -0.39 is 5.97 Å². The minimum Gasteiger partial charge on any atom is -0.482 e. The first kappa shape index (κ1) is 20.4. The van der Waals surface area contributed by atoms with Gasteiger partial charge in [-0.05, 0) is 48.0 Å². The molecule has 3 N–H and O–H groups in total. The average molecular weight is 455 g/mol. The molecule has 0 spiro atoms. The number of amides is 1. The maximum atomic E-state index is 12.3. The molecule has 0 heterocycles. The van der Waals surface area contributed by atoms with Gasteiger partial charge in [0.25, 0.3) is 5.91 Å². The SMILES string of the molecule is Nc1ccc(C(=O)OCc2ccccc2)cc1OCC(=O)Nc1ccc(Br)cc1. The molecule has 0 saturated heterocycles. The normalized spacial score (nSPS) is 10.2. The first-order valence-electron chi connectivity index (χ1n) is 8.80. The number of rotatable bonds is 7. The molecule has 1 amide bonds. The first-order chi connectivity index (χ1) is 14.0. The van der Waals surface area contributed by atoms with E-state index in [9.17, 15) is 9.59 Å². The summed E-state index contributed by atoms with van der Waals surface area (Å²) in [5.41, 5.74) is 8.04. The molecule has 0 fully saturated rings. The Morgan fingerprint density at radius 2 is 1.69 bits per heavy atom. The number of nitrogens with one attached hydrogen (secondary N) is 1. The lowest BCUT2D eigenvalue weighted by Gasteiger charge is -2.11. The Hall–Kier alpha value is -3.32. The Balaban J connectivity index is 1.57. The highest BCUT2D eigenvalue weighted by Gasteiger charge is 2.12. The van der Waals surface area contributed by atoms with Crippen molar-refractivity contribution in [3.05, 3.63) is 88.4 Å². The van der Waals surface area contributed by atoms with Crippen molar-refractivity contribution in [2.75, 3.05) is 17.7 Å². The topological polar surface area (TPSA) is 90.7 Å². The van der Waals surface area contributed by atoms with E-state index in [1.807, 2.05) is 42.5 Å². The van der Waals surface area contributed by atoms with E-state index in [-0.39, 0.29) is 24.9 Å². The predicted octanol–water partition coefficient (Wildman–Crippen LogP) is 4.41. The summed E-state index contributed by atoms with van der Waals surface area (Å²) in [6.07, 6.45) is 0. The van der Waals surface area contributed by atoms with Crippen molar-refractivity contribution < 1.29 is 19.1 Å². The van der Waals surface area contributed by atoms with Gasteiger partial charge in [0.1, 0.15) is 12.4 Å². The van der Waals surface area contributed by atoms with Crippen LogP contribution < -0.4 is 15.8 Å². The fourth-order valence-electron chi connectivity index (χ4n) is 2.47. The summed E-state index contributed by atoms with van der Waals surface area (Å²) >= 11 is 3.33. The Kier molecular flexibility index (Phi) is 6.86. The van der Waals surface area contributed by atoms with Crippen LogP contribution in [0.15, 0.2) is 77.3 Å². The lowest BCUT2D eigenvalue weighted by molar-refractivity contribution is -0.118. The molecule has 0 aliphatic carbocycles. The predicted molar refractivity (Wildman–Crippen MR) is 115 cm³/mol. The summed E-state index contributed by atoms with van der Waals surface area (Å²) < 4.78 is 11.7. The van der Waals surface area contributed by atoms with Crippen molar-refractivity contribution in [2.45, 2.75) is 6.61 Å².